The Bertz CT molecular complexity index is 488. The number of anilines is 1. The topological polar surface area (TPSA) is 72.6 Å². The number of nitrogens with two attached hydrogens (primary N) is 1. The van der Waals surface area contributed by atoms with Crippen LogP contribution in [0.3, 0.4) is 0 Å². The quantitative estimate of drug-likeness (QED) is 0.570. The number of hydrogen-bond acceptors (Lipinski definition) is 5. The van der Waals surface area contributed by atoms with Crippen LogP contribution in [0.5, 0.6) is 5.75 Å². The van der Waals surface area contributed by atoms with Gasteiger partial charge < -0.3 is 15.4 Å². The van der Waals surface area contributed by atoms with Crippen LogP contribution in [0, 0.1) is 0 Å². The fraction of sp³-hybridized carbons (Fsp3) is 0.538. The van der Waals surface area contributed by atoms with Crippen LogP contribution in [0.2, 0.25) is 0 Å². The van der Waals surface area contributed by atoms with Crippen LogP contribution in [-0.4, -0.2) is 52.1 Å². The van der Waals surface area contributed by atoms with Crippen LogP contribution in [0.25, 0.3) is 0 Å². The molecule has 1 aromatic rings. The number of nitrogen functional groups attached to an aromatic ring is 1. The summed E-state index contributed by atoms with van der Waals surface area (Å²) in [5.74, 6) is 0.886. The molecule has 1 aromatic carbocycles. The maximum absolute atomic E-state index is 11.0. The summed E-state index contributed by atoms with van der Waals surface area (Å²) in [6.07, 6.45) is 2.08. The summed E-state index contributed by atoms with van der Waals surface area (Å²) in [6, 6.07) is 7.38. The average Bonchev–Trinajstić information content (AvgIpc) is 2.33. The van der Waals surface area contributed by atoms with Crippen LogP contribution in [0.1, 0.15) is 6.42 Å². The SMILES string of the molecule is CN(CCCOc1ccccc1N)CCS(C)(=O)=O. The Morgan fingerprint density at radius 2 is 1.95 bits per heavy atom. The van der Waals surface area contributed by atoms with E-state index in [1.54, 1.807) is 6.07 Å². The molecule has 0 aromatic heterocycles. The highest BCUT2D eigenvalue weighted by molar-refractivity contribution is 7.90. The third-order valence-electron chi connectivity index (χ3n) is 2.70. The van der Waals surface area contributed by atoms with Gasteiger partial charge in [0.15, 0.2) is 0 Å². The third kappa shape index (κ3) is 7.03. The first-order valence-electron chi connectivity index (χ1n) is 6.22. The third-order valence-corrected chi connectivity index (χ3v) is 3.63. The molecule has 2 N–H and O–H groups in total. The van der Waals surface area contributed by atoms with Crippen molar-refractivity contribution in [2.24, 2.45) is 0 Å². The summed E-state index contributed by atoms with van der Waals surface area (Å²) in [6.45, 7) is 1.91. The molecule has 0 saturated carbocycles. The summed E-state index contributed by atoms with van der Waals surface area (Å²) >= 11 is 0. The van der Waals surface area contributed by atoms with Crippen molar-refractivity contribution < 1.29 is 13.2 Å². The minimum absolute atomic E-state index is 0.190. The van der Waals surface area contributed by atoms with Gasteiger partial charge in [-0.15, -0.1) is 0 Å². The van der Waals surface area contributed by atoms with Crippen LogP contribution >= 0.6 is 0 Å². The van der Waals surface area contributed by atoms with Crippen molar-refractivity contribution in [1.82, 2.24) is 4.90 Å². The lowest BCUT2D eigenvalue weighted by atomic mass is 10.3. The number of rotatable bonds is 8. The largest absolute Gasteiger partial charge is 0.491 e. The summed E-state index contributed by atoms with van der Waals surface area (Å²) in [7, 11) is -0.983. The summed E-state index contributed by atoms with van der Waals surface area (Å²) in [5, 5.41) is 0. The van der Waals surface area contributed by atoms with Gasteiger partial charge in [-0.05, 0) is 25.6 Å². The lowest BCUT2D eigenvalue weighted by Crippen LogP contribution is -2.27. The molecule has 0 amide bonds. The predicted molar refractivity (Wildman–Crippen MR) is 78.2 cm³/mol. The standard InChI is InChI=1S/C13H22N2O3S/c1-15(9-11-19(2,16)17)8-5-10-18-13-7-4-3-6-12(13)14/h3-4,6-7H,5,8-11,14H2,1-2H3. The molecule has 108 valence electrons. The van der Waals surface area contributed by atoms with Gasteiger partial charge in [0.1, 0.15) is 15.6 Å². The maximum Gasteiger partial charge on any atom is 0.148 e. The van der Waals surface area contributed by atoms with E-state index in [0.717, 1.165) is 13.0 Å². The molecule has 0 heterocycles. The Labute approximate surface area is 115 Å². The van der Waals surface area contributed by atoms with Gasteiger partial charge in [0, 0.05) is 19.3 Å². The molecule has 0 radical (unpaired) electrons. The second-order valence-electron chi connectivity index (χ2n) is 4.67. The van der Waals surface area contributed by atoms with Crippen molar-refractivity contribution in [2.45, 2.75) is 6.42 Å². The molecule has 0 aliphatic rings. The molecule has 0 fully saturated rings. The van der Waals surface area contributed by atoms with Crippen molar-refractivity contribution in [1.29, 1.82) is 0 Å². The number of nitrogens with zero attached hydrogens (tertiary/aromatic N) is 1. The van der Waals surface area contributed by atoms with E-state index in [0.29, 0.717) is 24.6 Å². The predicted octanol–water partition coefficient (Wildman–Crippen LogP) is 1.01. The zero-order valence-electron chi connectivity index (χ0n) is 11.5. The molecule has 0 atom stereocenters. The van der Waals surface area contributed by atoms with Crippen LogP contribution in [0.4, 0.5) is 5.69 Å². The molecule has 0 saturated heterocycles. The van der Waals surface area contributed by atoms with E-state index in [1.165, 1.54) is 6.26 Å². The minimum atomic E-state index is -2.89. The summed E-state index contributed by atoms with van der Waals surface area (Å²) in [5.41, 5.74) is 6.39. The van der Waals surface area contributed by atoms with Crippen molar-refractivity contribution in [3.05, 3.63) is 24.3 Å². The smallest absolute Gasteiger partial charge is 0.148 e. The van der Waals surface area contributed by atoms with E-state index in [9.17, 15) is 8.42 Å². The Morgan fingerprint density at radius 3 is 2.58 bits per heavy atom. The van der Waals surface area contributed by atoms with Gasteiger partial charge in [0.2, 0.25) is 0 Å². The first-order chi connectivity index (χ1) is 8.88. The van der Waals surface area contributed by atoms with Crippen LogP contribution in [-0.2, 0) is 9.84 Å². The molecule has 0 spiro atoms. The van der Waals surface area contributed by atoms with E-state index >= 15 is 0 Å². The number of para-hydroxylation sites is 2. The fourth-order valence-corrected chi connectivity index (χ4v) is 2.21. The molecule has 0 aliphatic carbocycles. The molecular weight excluding hydrogens is 264 g/mol. The first-order valence-corrected chi connectivity index (χ1v) is 8.28. The highest BCUT2D eigenvalue weighted by Crippen LogP contribution is 2.19. The maximum atomic E-state index is 11.0. The number of benzene rings is 1. The Kier molecular flexibility index (Phi) is 6.11. The lowest BCUT2D eigenvalue weighted by molar-refractivity contribution is 0.269. The normalized spacial score (nSPS) is 11.7. The molecule has 19 heavy (non-hydrogen) atoms. The first kappa shape index (κ1) is 15.8. The van der Waals surface area contributed by atoms with E-state index < -0.39 is 9.84 Å². The molecule has 5 nitrogen and oxygen atoms in total. The Balaban J connectivity index is 2.19. The zero-order chi connectivity index (χ0) is 14.3. The van der Waals surface area contributed by atoms with Crippen LogP contribution < -0.4 is 10.5 Å². The van der Waals surface area contributed by atoms with E-state index in [1.807, 2.05) is 30.1 Å². The van der Waals surface area contributed by atoms with Gasteiger partial charge in [-0.3, -0.25) is 0 Å². The van der Waals surface area contributed by atoms with Gasteiger partial charge in [-0.25, -0.2) is 8.42 Å². The average molecular weight is 286 g/mol. The van der Waals surface area contributed by atoms with Gasteiger partial charge >= 0.3 is 0 Å². The van der Waals surface area contributed by atoms with Gasteiger partial charge in [-0.1, -0.05) is 12.1 Å². The molecule has 0 unspecified atom stereocenters. The lowest BCUT2D eigenvalue weighted by Gasteiger charge is -2.16. The van der Waals surface area contributed by atoms with Crippen molar-refractivity contribution in [3.8, 4) is 5.75 Å². The number of sulfone groups is 1. The second-order valence-corrected chi connectivity index (χ2v) is 6.93. The van der Waals surface area contributed by atoms with E-state index in [2.05, 4.69) is 0 Å². The monoisotopic (exact) mass is 286 g/mol. The molecular formula is C13H22N2O3S. The van der Waals surface area contributed by atoms with Crippen molar-refractivity contribution >= 4 is 15.5 Å². The van der Waals surface area contributed by atoms with Gasteiger partial charge in [-0.2, -0.15) is 0 Å². The summed E-state index contributed by atoms with van der Waals surface area (Å²) in [4.78, 5) is 1.98. The number of hydrogen-bond donors (Lipinski definition) is 1. The Hall–Kier alpha value is -1.27. The summed E-state index contributed by atoms with van der Waals surface area (Å²) < 4.78 is 27.6. The second kappa shape index (κ2) is 7.35. The van der Waals surface area contributed by atoms with Crippen molar-refractivity contribution in [2.75, 3.05) is 44.5 Å². The van der Waals surface area contributed by atoms with Crippen LogP contribution in [0.15, 0.2) is 24.3 Å². The van der Waals surface area contributed by atoms with Gasteiger partial charge in [0.05, 0.1) is 18.0 Å². The molecule has 0 bridgehead atoms. The van der Waals surface area contributed by atoms with Gasteiger partial charge in [0.25, 0.3) is 0 Å². The highest BCUT2D eigenvalue weighted by atomic mass is 32.2. The Morgan fingerprint density at radius 1 is 1.26 bits per heavy atom. The molecule has 1 rings (SSSR count). The number of ether oxygens (including phenoxy) is 1. The zero-order valence-corrected chi connectivity index (χ0v) is 12.3. The molecule has 6 heteroatoms. The molecule has 0 aliphatic heterocycles. The fourth-order valence-electron chi connectivity index (χ4n) is 1.56. The van der Waals surface area contributed by atoms with Crippen molar-refractivity contribution in [3.63, 3.8) is 0 Å². The highest BCUT2D eigenvalue weighted by Gasteiger charge is 2.05. The van der Waals surface area contributed by atoms with E-state index in [4.69, 9.17) is 10.5 Å². The minimum Gasteiger partial charge on any atom is -0.491 e. The van der Waals surface area contributed by atoms with E-state index in [-0.39, 0.29) is 5.75 Å².